The highest BCUT2D eigenvalue weighted by Gasteiger charge is 2.17. The van der Waals surface area contributed by atoms with Crippen molar-refractivity contribution in [3.8, 4) is 0 Å². The van der Waals surface area contributed by atoms with E-state index in [0.29, 0.717) is 0 Å². The van der Waals surface area contributed by atoms with E-state index in [1.807, 2.05) is 0 Å². The van der Waals surface area contributed by atoms with E-state index in [1.165, 1.54) is 31.4 Å². The Morgan fingerprint density at radius 2 is 1.55 bits per heavy atom. The summed E-state index contributed by atoms with van der Waals surface area (Å²) in [5, 5.41) is 3.02. The average Bonchev–Trinajstić information content (AvgIpc) is 2.35. The second-order valence-corrected chi connectivity index (χ2v) is 5.81. The smallest absolute Gasteiger partial charge is 0.150 e. The van der Waals surface area contributed by atoms with Crippen LogP contribution in [0.15, 0.2) is 12.1 Å². The minimum absolute atomic E-state index is 0.000281. The molecule has 1 aromatic carbocycles. The molecule has 0 amide bonds. The van der Waals surface area contributed by atoms with Crippen LogP contribution in [0.2, 0.25) is 0 Å². The average molecular weight is 298 g/mol. The van der Waals surface area contributed by atoms with Crippen molar-refractivity contribution in [3.05, 3.63) is 29.3 Å². The topological polar surface area (TPSA) is 38.0 Å². The highest BCUT2D eigenvalue weighted by Crippen LogP contribution is 2.25. The molecular weight excluding hydrogens is 278 g/mol. The first kappa shape index (κ1) is 15.2. The van der Waals surface area contributed by atoms with Gasteiger partial charge in [-0.15, -0.1) is 0 Å². The molecule has 0 saturated heterocycles. The third-order valence-corrected chi connectivity index (χ3v) is 4.02. The van der Waals surface area contributed by atoms with Gasteiger partial charge in [0.2, 0.25) is 0 Å². The summed E-state index contributed by atoms with van der Waals surface area (Å²) in [7, 11) is 0. The number of halogens is 2. The molecule has 110 valence electrons. The molecule has 0 aliphatic heterocycles. The van der Waals surface area contributed by atoms with E-state index < -0.39 is 11.6 Å². The van der Waals surface area contributed by atoms with Crippen molar-refractivity contribution in [2.24, 2.45) is 5.73 Å². The predicted octanol–water partition coefficient (Wildman–Crippen LogP) is 4.12. The highest BCUT2D eigenvalue weighted by atomic mass is 32.1. The fourth-order valence-corrected chi connectivity index (χ4v) is 2.78. The Kier molecular flexibility index (Phi) is 5.29. The van der Waals surface area contributed by atoms with Gasteiger partial charge < -0.3 is 11.1 Å². The van der Waals surface area contributed by atoms with Crippen LogP contribution >= 0.6 is 12.2 Å². The number of nitrogens with one attached hydrogen (secondary N) is 1. The molecule has 1 aliphatic carbocycles. The second-order valence-electron chi connectivity index (χ2n) is 5.37. The molecule has 0 unspecified atom stereocenters. The zero-order valence-electron chi connectivity index (χ0n) is 11.4. The molecule has 20 heavy (non-hydrogen) atoms. The molecule has 2 rings (SSSR count). The number of hydrogen-bond donors (Lipinski definition) is 2. The summed E-state index contributed by atoms with van der Waals surface area (Å²) in [5.41, 5.74) is 5.56. The molecule has 0 heterocycles. The maximum atomic E-state index is 14.0. The minimum atomic E-state index is -0.630. The van der Waals surface area contributed by atoms with E-state index >= 15 is 0 Å². The Hall–Kier alpha value is -1.23. The maximum Gasteiger partial charge on any atom is 0.150 e. The summed E-state index contributed by atoms with van der Waals surface area (Å²) < 4.78 is 28.0. The molecule has 2 nitrogen and oxygen atoms in total. The monoisotopic (exact) mass is 298 g/mol. The van der Waals surface area contributed by atoms with Gasteiger partial charge in [-0.25, -0.2) is 8.78 Å². The molecule has 0 aromatic heterocycles. The lowest BCUT2D eigenvalue weighted by Crippen LogP contribution is -2.22. The standard InChI is InChI=1S/C15H20F2N2S/c16-12-8-10(15(18)20)9-13(17)14(12)19-11-6-4-2-1-3-5-7-11/h8-9,11,19H,1-7H2,(H2,18,20). The van der Waals surface area contributed by atoms with E-state index in [0.717, 1.165) is 25.7 Å². The van der Waals surface area contributed by atoms with Gasteiger partial charge in [0.1, 0.15) is 22.3 Å². The summed E-state index contributed by atoms with van der Waals surface area (Å²) >= 11 is 4.74. The summed E-state index contributed by atoms with van der Waals surface area (Å²) in [5.74, 6) is -1.26. The van der Waals surface area contributed by atoms with Crippen molar-refractivity contribution in [2.75, 3.05) is 5.32 Å². The molecule has 5 heteroatoms. The van der Waals surface area contributed by atoms with Crippen LogP contribution in [0, 0.1) is 11.6 Å². The van der Waals surface area contributed by atoms with Crippen molar-refractivity contribution in [2.45, 2.75) is 51.0 Å². The Balaban J connectivity index is 2.13. The number of thiocarbonyl (C=S) groups is 1. The van der Waals surface area contributed by atoms with Crippen molar-refractivity contribution < 1.29 is 8.78 Å². The van der Waals surface area contributed by atoms with E-state index in [-0.39, 0.29) is 22.3 Å². The Morgan fingerprint density at radius 3 is 2.05 bits per heavy atom. The Labute approximate surface area is 123 Å². The van der Waals surface area contributed by atoms with Crippen LogP contribution in [-0.4, -0.2) is 11.0 Å². The normalized spacial score (nSPS) is 17.3. The van der Waals surface area contributed by atoms with Crippen LogP contribution < -0.4 is 11.1 Å². The molecule has 3 N–H and O–H groups in total. The van der Waals surface area contributed by atoms with Crippen molar-refractivity contribution in [1.29, 1.82) is 0 Å². The molecule has 1 saturated carbocycles. The Morgan fingerprint density at radius 1 is 1.05 bits per heavy atom. The van der Waals surface area contributed by atoms with Crippen LogP contribution in [0.1, 0.15) is 50.5 Å². The number of nitrogens with two attached hydrogens (primary N) is 1. The molecule has 1 aliphatic rings. The first-order valence-electron chi connectivity index (χ1n) is 7.13. The quantitative estimate of drug-likeness (QED) is 0.824. The van der Waals surface area contributed by atoms with Crippen molar-refractivity contribution in [1.82, 2.24) is 0 Å². The maximum absolute atomic E-state index is 14.0. The van der Waals surface area contributed by atoms with Crippen LogP contribution in [0.25, 0.3) is 0 Å². The summed E-state index contributed by atoms with van der Waals surface area (Å²) in [4.78, 5) is 0.000281. The first-order valence-corrected chi connectivity index (χ1v) is 7.54. The lowest BCUT2D eigenvalue weighted by molar-refractivity contribution is 0.467. The van der Waals surface area contributed by atoms with Gasteiger partial charge in [0.05, 0.1) is 0 Å². The second kappa shape index (κ2) is 6.97. The highest BCUT2D eigenvalue weighted by molar-refractivity contribution is 7.80. The number of hydrogen-bond acceptors (Lipinski definition) is 2. The SMILES string of the molecule is NC(=S)c1cc(F)c(NC2CCCCCCC2)c(F)c1. The van der Waals surface area contributed by atoms with Gasteiger partial charge in [-0.2, -0.15) is 0 Å². The fraction of sp³-hybridized carbons (Fsp3) is 0.533. The Bertz CT molecular complexity index is 460. The molecule has 1 fully saturated rings. The number of rotatable bonds is 3. The van der Waals surface area contributed by atoms with E-state index in [1.54, 1.807) is 0 Å². The van der Waals surface area contributed by atoms with Crippen LogP contribution in [0.4, 0.5) is 14.5 Å². The molecule has 0 radical (unpaired) electrons. The van der Waals surface area contributed by atoms with Crippen LogP contribution in [0.3, 0.4) is 0 Å². The molecular formula is C15H20F2N2S. The van der Waals surface area contributed by atoms with Gasteiger partial charge in [0.15, 0.2) is 0 Å². The lowest BCUT2D eigenvalue weighted by Gasteiger charge is -2.23. The summed E-state index contributed by atoms with van der Waals surface area (Å²) in [6, 6.07) is 2.52. The van der Waals surface area contributed by atoms with Gasteiger partial charge >= 0.3 is 0 Å². The largest absolute Gasteiger partial charge is 0.389 e. The number of benzene rings is 1. The summed E-state index contributed by atoms with van der Waals surface area (Å²) in [6.45, 7) is 0. The molecule has 0 atom stereocenters. The summed E-state index contributed by atoms with van der Waals surface area (Å²) in [6.07, 6.45) is 7.77. The minimum Gasteiger partial charge on any atom is -0.389 e. The van der Waals surface area contributed by atoms with Gasteiger partial charge in [0, 0.05) is 11.6 Å². The number of anilines is 1. The van der Waals surface area contributed by atoms with Gasteiger partial charge in [0.25, 0.3) is 0 Å². The first-order chi connectivity index (χ1) is 9.58. The van der Waals surface area contributed by atoms with Crippen molar-refractivity contribution in [3.63, 3.8) is 0 Å². The fourth-order valence-electron chi connectivity index (χ4n) is 2.66. The third-order valence-electron chi connectivity index (χ3n) is 3.78. The zero-order chi connectivity index (χ0) is 14.5. The third kappa shape index (κ3) is 3.88. The van der Waals surface area contributed by atoms with Gasteiger partial charge in [-0.1, -0.05) is 44.3 Å². The van der Waals surface area contributed by atoms with Crippen LogP contribution in [0.5, 0.6) is 0 Å². The van der Waals surface area contributed by atoms with E-state index in [4.69, 9.17) is 18.0 Å². The van der Waals surface area contributed by atoms with E-state index in [2.05, 4.69) is 5.32 Å². The molecule has 0 spiro atoms. The van der Waals surface area contributed by atoms with E-state index in [9.17, 15) is 8.78 Å². The van der Waals surface area contributed by atoms with Crippen LogP contribution in [-0.2, 0) is 0 Å². The molecule has 1 aromatic rings. The van der Waals surface area contributed by atoms with Gasteiger partial charge in [-0.05, 0) is 25.0 Å². The lowest BCUT2D eigenvalue weighted by atomic mass is 9.96. The van der Waals surface area contributed by atoms with Gasteiger partial charge in [-0.3, -0.25) is 0 Å². The van der Waals surface area contributed by atoms with Crippen molar-refractivity contribution >= 4 is 22.9 Å². The molecule has 0 bridgehead atoms. The predicted molar refractivity (Wildman–Crippen MR) is 82.0 cm³/mol. The zero-order valence-corrected chi connectivity index (χ0v) is 12.2.